The molecule has 27 heavy (non-hydrogen) atoms. The van der Waals surface area contributed by atoms with Gasteiger partial charge in [0.05, 0.1) is 17.5 Å². The van der Waals surface area contributed by atoms with Crippen LogP contribution in [0.1, 0.15) is 12.5 Å². The maximum absolute atomic E-state index is 12.0. The number of primary amides is 1. The molecule has 0 aliphatic carbocycles. The Balaban J connectivity index is 1.83. The van der Waals surface area contributed by atoms with E-state index in [0.29, 0.717) is 23.8 Å². The molecule has 0 aromatic heterocycles. The van der Waals surface area contributed by atoms with Gasteiger partial charge in [0.25, 0.3) is 5.91 Å². The van der Waals surface area contributed by atoms with Gasteiger partial charge >= 0.3 is 0 Å². The number of ether oxygens (including phenoxy) is 2. The first-order valence-electron chi connectivity index (χ1n) is 8.64. The van der Waals surface area contributed by atoms with E-state index in [1.165, 1.54) is 0 Å². The first-order valence-corrected chi connectivity index (χ1v) is 9.02. The van der Waals surface area contributed by atoms with E-state index >= 15 is 0 Å². The Kier molecular flexibility index (Phi) is 7.95. The normalized spacial score (nSPS) is 11.5. The van der Waals surface area contributed by atoms with Gasteiger partial charge in [-0.15, -0.1) is 0 Å². The summed E-state index contributed by atoms with van der Waals surface area (Å²) in [7, 11) is 0. The lowest BCUT2D eigenvalue weighted by atomic mass is 9.98. The van der Waals surface area contributed by atoms with E-state index in [0.717, 1.165) is 11.3 Å². The van der Waals surface area contributed by atoms with Crippen LogP contribution in [0, 0.1) is 5.92 Å². The zero-order valence-electron chi connectivity index (χ0n) is 15.1. The number of benzene rings is 2. The second-order valence-corrected chi connectivity index (χ2v) is 6.31. The number of nitrogens with two attached hydrogens (primary N) is 1. The molecule has 7 heteroatoms. The van der Waals surface area contributed by atoms with Crippen molar-refractivity contribution >= 4 is 23.4 Å². The monoisotopic (exact) mass is 390 g/mol. The van der Waals surface area contributed by atoms with Crippen molar-refractivity contribution in [2.24, 2.45) is 11.7 Å². The van der Waals surface area contributed by atoms with Crippen molar-refractivity contribution in [3.8, 4) is 11.5 Å². The van der Waals surface area contributed by atoms with Crippen LogP contribution >= 0.6 is 11.6 Å². The molecule has 144 valence electrons. The Bertz CT molecular complexity index is 765. The van der Waals surface area contributed by atoms with Crippen LogP contribution in [0.2, 0.25) is 5.02 Å². The Morgan fingerprint density at radius 2 is 1.81 bits per heavy atom. The second kappa shape index (κ2) is 10.4. The number of carbonyl (C=O) groups is 2. The number of para-hydroxylation sites is 1. The fourth-order valence-corrected chi connectivity index (χ4v) is 2.63. The van der Waals surface area contributed by atoms with Gasteiger partial charge in [-0.25, -0.2) is 0 Å². The Morgan fingerprint density at radius 3 is 2.44 bits per heavy atom. The fourth-order valence-electron chi connectivity index (χ4n) is 2.44. The van der Waals surface area contributed by atoms with Gasteiger partial charge < -0.3 is 20.5 Å². The van der Waals surface area contributed by atoms with Gasteiger partial charge in [-0.2, -0.15) is 0 Å². The highest BCUT2D eigenvalue weighted by atomic mass is 35.5. The summed E-state index contributed by atoms with van der Waals surface area (Å²) in [4.78, 5) is 23.7. The lowest BCUT2D eigenvalue weighted by molar-refractivity contribution is -0.124. The standard InChI is InChI=1S/C20H23ClN2O4/c1-2-26-16-9-7-14(8-10-16)11-15(20(22)25)12-23-19(24)13-27-18-6-4-3-5-17(18)21/h3-10,15H,2,11-13H2,1H3,(H2,22,25)(H,23,24)/t15-/m0/s1. The summed E-state index contributed by atoms with van der Waals surface area (Å²) in [5, 5.41) is 3.10. The molecule has 0 radical (unpaired) electrons. The molecule has 0 spiro atoms. The van der Waals surface area contributed by atoms with Crippen molar-refractivity contribution in [1.29, 1.82) is 0 Å². The molecule has 0 unspecified atom stereocenters. The predicted molar refractivity (Wildman–Crippen MR) is 104 cm³/mol. The number of hydrogen-bond acceptors (Lipinski definition) is 4. The van der Waals surface area contributed by atoms with Crippen LogP contribution in [-0.4, -0.2) is 31.6 Å². The summed E-state index contributed by atoms with van der Waals surface area (Å²) in [6.07, 6.45) is 0.424. The van der Waals surface area contributed by atoms with E-state index in [9.17, 15) is 9.59 Å². The number of carbonyl (C=O) groups excluding carboxylic acids is 2. The minimum atomic E-state index is -0.521. The minimum absolute atomic E-state index is 0.132. The summed E-state index contributed by atoms with van der Waals surface area (Å²) >= 11 is 5.97. The van der Waals surface area contributed by atoms with Crippen LogP contribution in [0.25, 0.3) is 0 Å². The van der Waals surface area contributed by atoms with E-state index in [-0.39, 0.29) is 19.1 Å². The summed E-state index contributed by atoms with van der Waals surface area (Å²) in [6, 6.07) is 14.3. The lowest BCUT2D eigenvalue weighted by Gasteiger charge is -2.15. The molecule has 0 saturated heterocycles. The Morgan fingerprint density at radius 1 is 1.11 bits per heavy atom. The molecular formula is C20H23ClN2O4. The summed E-state index contributed by atoms with van der Waals surface area (Å²) < 4.78 is 10.8. The number of amides is 2. The zero-order valence-corrected chi connectivity index (χ0v) is 15.9. The first kappa shape index (κ1) is 20.6. The minimum Gasteiger partial charge on any atom is -0.494 e. The average Bonchev–Trinajstić information content (AvgIpc) is 2.65. The molecule has 3 N–H and O–H groups in total. The lowest BCUT2D eigenvalue weighted by Crippen LogP contribution is -2.39. The Labute approximate surface area is 163 Å². The molecule has 2 amide bonds. The molecular weight excluding hydrogens is 368 g/mol. The maximum atomic E-state index is 12.0. The van der Waals surface area contributed by atoms with Gasteiger partial charge in [-0.1, -0.05) is 35.9 Å². The highest BCUT2D eigenvalue weighted by Crippen LogP contribution is 2.22. The molecule has 0 fully saturated rings. The van der Waals surface area contributed by atoms with E-state index < -0.39 is 11.8 Å². The molecule has 0 saturated carbocycles. The quantitative estimate of drug-likeness (QED) is 0.652. The van der Waals surface area contributed by atoms with Gasteiger partial charge in [-0.3, -0.25) is 9.59 Å². The van der Waals surface area contributed by atoms with Gasteiger partial charge in [0.2, 0.25) is 5.91 Å². The number of hydrogen-bond donors (Lipinski definition) is 2. The molecule has 0 bridgehead atoms. The molecule has 6 nitrogen and oxygen atoms in total. The van der Waals surface area contributed by atoms with Gasteiger partial charge in [0.15, 0.2) is 6.61 Å². The fraction of sp³-hybridized carbons (Fsp3) is 0.300. The highest BCUT2D eigenvalue weighted by Gasteiger charge is 2.17. The highest BCUT2D eigenvalue weighted by molar-refractivity contribution is 6.32. The van der Waals surface area contributed by atoms with Crippen molar-refractivity contribution in [2.45, 2.75) is 13.3 Å². The van der Waals surface area contributed by atoms with Gasteiger partial charge in [-0.05, 0) is 43.2 Å². The SMILES string of the molecule is CCOc1ccc(C[C@@H](CNC(=O)COc2ccccc2Cl)C(N)=O)cc1. The third kappa shape index (κ3) is 6.83. The molecule has 0 aliphatic heterocycles. The molecule has 2 rings (SSSR count). The van der Waals surface area contributed by atoms with Crippen molar-refractivity contribution < 1.29 is 19.1 Å². The molecule has 0 aliphatic rings. The Hall–Kier alpha value is -2.73. The third-order valence-electron chi connectivity index (χ3n) is 3.86. The van der Waals surface area contributed by atoms with E-state index in [1.807, 2.05) is 31.2 Å². The average molecular weight is 391 g/mol. The predicted octanol–water partition coefficient (Wildman–Crippen LogP) is 2.58. The molecule has 0 heterocycles. The van der Waals surface area contributed by atoms with Crippen LogP contribution in [0.3, 0.4) is 0 Å². The van der Waals surface area contributed by atoms with Crippen molar-refractivity contribution in [3.05, 3.63) is 59.1 Å². The van der Waals surface area contributed by atoms with Gasteiger partial charge in [0, 0.05) is 6.54 Å². The van der Waals surface area contributed by atoms with Gasteiger partial charge in [0.1, 0.15) is 11.5 Å². The summed E-state index contributed by atoms with van der Waals surface area (Å²) in [5.74, 6) is -0.159. The van der Waals surface area contributed by atoms with Crippen molar-refractivity contribution in [1.82, 2.24) is 5.32 Å². The van der Waals surface area contributed by atoms with Crippen molar-refractivity contribution in [2.75, 3.05) is 19.8 Å². The number of rotatable bonds is 10. The van der Waals surface area contributed by atoms with Crippen LogP contribution in [-0.2, 0) is 16.0 Å². The van der Waals surface area contributed by atoms with E-state index in [2.05, 4.69) is 5.32 Å². The second-order valence-electron chi connectivity index (χ2n) is 5.90. The number of nitrogens with one attached hydrogen (secondary N) is 1. The third-order valence-corrected chi connectivity index (χ3v) is 4.17. The molecule has 2 aromatic carbocycles. The maximum Gasteiger partial charge on any atom is 0.257 e. The van der Waals surface area contributed by atoms with Crippen LogP contribution in [0.5, 0.6) is 11.5 Å². The van der Waals surface area contributed by atoms with Crippen LogP contribution in [0.4, 0.5) is 0 Å². The van der Waals surface area contributed by atoms with E-state index in [4.69, 9.17) is 26.8 Å². The van der Waals surface area contributed by atoms with Crippen molar-refractivity contribution in [3.63, 3.8) is 0 Å². The molecule has 1 atom stereocenters. The summed E-state index contributed by atoms with van der Waals surface area (Å²) in [6.45, 7) is 2.44. The zero-order chi connectivity index (χ0) is 19.6. The largest absolute Gasteiger partial charge is 0.494 e. The van der Waals surface area contributed by atoms with Crippen LogP contribution < -0.4 is 20.5 Å². The molecule has 2 aromatic rings. The number of halogens is 1. The van der Waals surface area contributed by atoms with Crippen LogP contribution in [0.15, 0.2) is 48.5 Å². The smallest absolute Gasteiger partial charge is 0.257 e. The topological polar surface area (TPSA) is 90.7 Å². The summed E-state index contributed by atoms with van der Waals surface area (Å²) in [5.41, 5.74) is 6.40. The first-order chi connectivity index (χ1) is 13.0. The van der Waals surface area contributed by atoms with E-state index in [1.54, 1.807) is 24.3 Å².